The van der Waals surface area contributed by atoms with Crippen molar-refractivity contribution in [3.05, 3.63) is 18.1 Å². The normalized spacial score (nSPS) is 25.8. The fraction of sp³-hybridized carbons (Fsp3) is 0.636. The van der Waals surface area contributed by atoms with Gasteiger partial charge in [-0.2, -0.15) is 0 Å². The Balaban J connectivity index is 1.77. The molecule has 2 saturated heterocycles. The van der Waals surface area contributed by atoms with Crippen LogP contribution in [0, 0.1) is 0 Å². The van der Waals surface area contributed by atoms with Crippen molar-refractivity contribution in [1.29, 1.82) is 0 Å². The van der Waals surface area contributed by atoms with Gasteiger partial charge in [0.25, 0.3) is 0 Å². The quantitative estimate of drug-likeness (QED) is 0.788. The van der Waals surface area contributed by atoms with Gasteiger partial charge >= 0.3 is 0 Å². The summed E-state index contributed by atoms with van der Waals surface area (Å²) in [4.78, 5) is 10.5. The number of nitrogens with zero attached hydrogens (tertiary/aromatic N) is 3. The Bertz CT molecular complexity index is 373. The van der Waals surface area contributed by atoms with Gasteiger partial charge in [-0.05, 0) is 12.8 Å². The van der Waals surface area contributed by atoms with Gasteiger partial charge in [0.1, 0.15) is 12.1 Å². The smallest absolute Gasteiger partial charge is 0.132 e. The minimum absolute atomic E-state index is 0.132. The third-order valence-electron chi connectivity index (χ3n) is 3.12. The maximum Gasteiger partial charge on any atom is 0.132 e. The summed E-state index contributed by atoms with van der Waals surface area (Å²) in [6.45, 7) is 2.16. The average molecular weight is 221 g/mol. The second-order valence-corrected chi connectivity index (χ2v) is 4.36. The zero-order valence-electron chi connectivity index (χ0n) is 9.04. The van der Waals surface area contributed by atoms with Gasteiger partial charge in [0.2, 0.25) is 0 Å². The molecule has 1 unspecified atom stereocenters. The molecule has 16 heavy (non-hydrogen) atoms. The number of aromatic nitrogens is 2. The SMILES string of the molecule is OC1CN(c2cc(C3CCCO3)ncn2)C1. The molecule has 86 valence electrons. The highest BCUT2D eigenvalue weighted by atomic mass is 16.5. The van der Waals surface area contributed by atoms with E-state index in [-0.39, 0.29) is 12.2 Å². The van der Waals surface area contributed by atoms with E-state index < -0.39 is 0 Å². The zero-order valence-corrected chi connectivity index (χ0v) is 9.04. The number of anilines is 1. The van der Waals surface area contributed by atoms with Crippen LogP contribution in [0.5, 0.6) is 0 Å². The van der Waals surface area contributed by atoms with Crippen LogP contribution in [0.3, 0.4) is 0 Å². The molecule has 3 heterocycles. The lowest BCUT2D eigenvalue weighted by Gasteiger charge is -2.36. The van der Waals surface area contributed by atoms with Crippen LogP contribution in [0.4, 0.5) is 5.82 Å². The van der Waals surface area contributed by atoms with Crippen molar-refractivity contribution in [3.63, 3.8) is 0 Å². The van der Waals surface area contributed by atoms with Crippen LogP contribution in [0.2, 0.25) is 0 Å². The van der Waals surface area contributed by atoms with Crippen LogP contribution < -0.4 is 4.90 Å². The molecule has 1 aromatic heterocycles. The Kier molecular flexibility index (Phi) is 2.49. The van der Waals surface area contributed by atoms with Crippen LogP contribution in [-0.4, -0.2) is 40.9 Å². The van der Waals surface area contributed by atoms with E-state index in [0.717, 1.165) is 31.0 Å². The predicted octanol–water partition coefficient (Wildman–Crippen LogP) is 0.509. The second-order valence-electron chi connectivity index (χ2n) is 4.36. The molecule has 0 spiro atoms. The van der Waals surface area contributed by atoms with Crippen molar-refractivity contribution in [2.75, 3.05) is 24.6 Å². The first-order valence-corrected chi connectivity index (χ1v) is 5.69. The fourth-order valence-corrected chi connectivity index (χ4v) is 2.16. The number of rotatable bonds is 2. The Morgan fingerprint density at radius 2 is 2.25 bits per heavy atom. The van der Waals surface area contributed by atoms with Crippen LogP contribution in [0.1, 0.15) is 24.6 Å². The van der Waals surface area contributed by atoms with E-state index in [1.165, 1.54) is 0 Å². The Labute approximate surface area is 94.1 Å². The molecule has 0 aliphatic carbocycles. The molecular formula is C11H15N3O2. The highest BCUT2D eigenvalue weighted by Crippen LogP contribution is 2.29. The van der Waals surface area contributed by atoms with Gasteiger partial charge in [-0.1, -0.05) is 0 Å². The number of β-amino-alcohol motifs (C(OH)–C–C–N with tert-alkyl or cyclic N) is 1. The van der Waals surface area contributed by atoms with Crippen LogP contribution >= 0.6 is 0 Å². The lowest BCUT2D eigenvalue weighted by Crippen LogP contribution is -2.51. The first-order chi connectivity index (χ1) is 7.83. The van der Waals surface area contributed by atoms with E-state index in [9.17, 15) is 5.11 Å². The van der Waals surface area contributed by atoms with Crippen molar-refractivity contribution < 1.29 is 9.84 Å². The van der Waals surface area contributed by atoms with Crippen LogP contribution in [0.15, 0.2) is 12.4 Å². The summed E-state index contributed by atoms with van der Waals surface area (Å²) in [6, 6.07) is 1.97. The standard InChI is InChI=1S/C11H15N3O2/c15-8-5-14(6-8)11-4-9(12-7-13-11)10-2-1-3-16-10/h4,7-8,10,15H,1-3,5-6H2. The zero-order chi connectivity index (χ0) is 11.0. The average Bonchev–Trinajstić information content (AvgIpc) is 2.78. The Morgan fingerprint density at radius 1 is 1.38 bits per heavy atom. The molecule has 2 aliphatic rings. The van der Waals surface area contributed by atoms with E-state index in [0.29, 0.717) is 13.1 Å². The number of hydrogen-bond acceptors (Lipinski definition) is 5. The summed E-state index contributed by atoms with van der Waals surface area (Å²) in [7, 11) is 0. The van der Waals surface area contributed by atoms with Gasteiger partial charge in [0.15, 0.2) is 0 Å². The molecular weight excluding hydrogens is 206 g/mol. The number of ether oxygens (including phenoxy) is 1. The molecule has 5 nitrogen and oxygen atoms in total. The minimum Gasteiger partial charge on any atom is -0.389 e. The van der Waals surface area contributed by atoms with Crippen molar-refractivity contribution in [1.82, 2.24) is 9.97 Å². The number of aliphatic hydroxyl groups excluding tert-OH is 1. The van der Waals surface area contributed by atoms with E-state index >= 15 is 0 Å². The molecule has 1 N–H and O–H groups in total. The summed E-state index contributed by atoms with van der Waals surface area (Å²) in [5.74, 6) is 0.894. The summed E-state index contributed by atoms with van der Waals surface area (Å²) in [5.41, 5.74) is 0.962. The van der Waals surface area contributed by atoms with E-state index in [1.807, 2.05) is 11.0 Å². The molecule has 0 aromatic carbocycles. The Morgan fingerprint density at radius 3 is 2.94 bits per heavy atom. The maximum absolute atomic E-state index is 9.25. The van der Waals surface area contributed by atoms with Crippen molar-refractivity contribution in [2.45, 2.75) is 25.0 Å². The lowest BCUT2D eigenvalue weighted by molar-refractivity contribution is 0.108. The molecule has 2 fully saturated rings. The molecule has 5 heteroatoms. The largest absolute Gasteiger partial charge is 0.389 e. The Hall–Kier alpha value is -1.20. The predicted molar refractivity (Wildman–Crippen MR) is 58.2 cm³/mol. The number of hydrogen-bond donors (Lipinski definition) is 1. The van der Waals surface area contributed by atoms with E-state index in [2.05, 4.69) is 9.97 Å². The molecule has 3 rings (SSSR count). The molecule has 0 saturated carbocycles. The fourth-order valence-electron chi connectivity index (χ4n) is 2.16. The van der Waals surface area contributed by atoms with Crippen LogP contribution in [0.25, 0.3) is 0 Å². The maximum atomic E-state index is 9.25. The summed E-state index contributed by atoms with van der Waals surface area (Å²) in [6.07, 6.45) is 3.65. The minimum atomic E-state index is -0.207. The molecule has 0 amide bonds. The van der Waals surface area contributed by atoms with E-state index in [1.54, 1.807) is 6.33 Å². The highest BCUT2D eigenvalue weighted by molar-refractivity contribution is 5.42. The third-order valence-corrected chi connectivity index (χ3v) is 3.12. The lowest BCUT2D eigenvalue weighted by atomic mass is 10.1. The molecule has 1 aromatic rings. The van der Waals surface area contributed by atoms with Gasteiger partial charge < -0.3 is 14.7 Å². The molecule has 0 radical (unpaired) electrons. The second kappa shape index (κ2) is 3.99. The van der Waals surface area contributed by atoms with Crippen molar-refractivity contribution in [3.8, 4) is 0 Å². The first-order valence-electron chi connectivity index (χ1n) is 5.69. The highest BCUT2D eigenvalue weighted by Gasteiger charge is 2.27. The summed E-state index contributed by atoms with van der Waals surface area (Å²) in [5, 5.41) is 9.25. The summed E-state index contributed by atoms with van der Waals surface area (Å²) >= 11 is 0. The topological polar surface area (TPSA) is 58.5 Å². The first kappa shape index (κ1) is 9.99. The van der Waals surface area contributed by atoms with Crippen molar-refractivity contribution >= 4 is 5.82 Å². The molecule has 0 bridgehead atoms. The van der Waals surface area contributed by atoms with Gasteiger partial charge in [-0.25, -0.2) is 9.97 Å². The number of aliphatic hydroxyl groups is 1. The van der Waals surface area contributed by atoms with Gasteiger partial charge in [-0.3, -0.25) is 0 Å². The molecule has 2 aliphatic heterocycles. The van der Waals surface area contributed by atoms with Crippen molar-refractivity contribution in [2.24, 2.45) is 0 Å². The van der Waals surface area contributed by atoms with E-state index in [4.69, 9.17) is 4.74 Å². The van der Waals surface area contributed by atoms with Gasteiger partial charge in [0.05, 0.1) is 17.9 Å². The third kappa shape index (κ3) is 1.76. The van der Waals surface area contributed by atoms with Gasteiger partial charge in [0, 0.05) is 25.8 Å². The van der Waals surface area contributed by atoms with Crippen LogP contribution in [-0.2, 0) is 4.74 Å². The van der Waals surface area contributed by atoms with Gasteiger partial charge in [-0.15, -0.1) is 0 Å². The monoisotopic (exact) mass is 221 g/mol. The molecule has 1 atom stereocenters. The summed E-state index contributed by atoms with van der Waals surface area (Å²) < 4.78 is 5.59.